The van der Waals surface area contributed by atoms with Gasteiger partial charge < -0.3 is 15.4 Å². The minimum Gasteiger partial charge on any atom is -0.480 e. The number of carboxylic acid groups (broad SMARTS) is 1. The van der Waals surface area contributed by atoms with Crippen LogP contribution in [-0.4, -0.2) is 53.8 Å². The second-order valence-corrected chi connectivity index (χ2v) is 9.50. The number of amides is 1. The molecule has 0 saturated heterocycles. The summed E-state index contributed by atoms with van der Waals surface area (Å²) in [6, 6.07) is 10.0. The Morgan fingerprint density at radius 3 is 2.50 bits per heavy atom. The van der Waals surface area contributed by atoms with Crippen LogP contribution in [0.2, 0.25) is 5.02 Å². The smallest absolute Gasteiger partial charge is 0.326 e. The average molecular weight is 478 g/mol. The first kappa shape index (κ1) is 23.8. The molecule has 0 spiro atoms. The Kier molecular flexibility index (Phi) is 7.22. The monoisotopic (exact) mass is 477 g/mol. The zero-order valence-corrected chi connectivity index (χ0v) is 19.2. The fraction of sp³-hybridized carbons (Fsp3) is 0.273. The number of aromatic nitrogens is 1. The van der Waals surface area contributed by atoms with Crippen molar-refractivity contribution in [2.24, 2.45) is 0 Å². The number of hydrogen-bond acceptors (Lipinski definition) is 4. The van der Waals surface area contributed by atoms with Crippen LogP contribution in [0.15, 0.2) is 53.6 Å². The Morgan fingerprint density at radius 2 is 1.84 bits per heavy atom. The molecule has 1 amide bonds. The number of benzene rings is 2. The van der Waals surface area contributed by atoms with Crippen molar-refractivity contribution >= 4 is 44.4 Å². The fourth-order valence-electron chi connectivity index (χ4n) is 3.51. The van der Waals surface area contributed by atoms with Crippen LogP contribution in [0.1, 0.15) is 29.8 Å². The van der Waals surface area contributed by atoms with Crippen molar-refractivity contribution in [3.63, 3.8) is 0 Å². The van der Waals surface area contributed by atoms with Crippen LogP contribution in [0.3, 0.4) is 0 Å². The molecule has 1 heterocycles. The Morgan fingerprint density at radius 1 is 1.16 bits per heavy atom. The van der Waals surface area contributed by atoms with Gasteiger partial charge in [0.05, 0.1) is 15.5 Å². The first-order valence-electron chi connectivity index (χ1n) is 10.1. The van der Waals surface area contributed by atoms with Gasteiger partial charge in [-0.05, 0) is 29.8 Å². The molecule has 3 N–H and O–H groups in total. The number of fused-ring (bicyclic) bond motifs is 1. The van der Waals surface area contributed by atoms with E-state index in [0.717, 1.165) is 16.5 Å². The first-order valence-corrected chi connectivity index (χ1v) is 11.9. The van der Waals surface area contributed by atoms with E-state index in [4.69, 9.17) is 11.6 Å². The van der Waals surface area contributed by atoms with Crippen LogP contribution in [0.5, 0.6) is 0 Å². The van der Waals surface area contributed by atoms with Crippen LogP contribution >= 0.6 is 11.6 Å². The van der Waals surface area contributed by atoms with E-state index >= 15 is 0 Å². The lowest BCUT2D eigenvalue weighted by Gasteiger charge is -2.19. The van der Waals surface area contributed by atoms with Crippen molar-refractivity contribution in [2.75, 3.05) is 13.1 Å². The number of para-hydroxylation sites is 1. The van der Waals surface area contributed by atoms with E-state index < -0.39 is 27.9 Å². The number of halogens is 1. The summed E-state index contributed by atoms with van der Waals surface area (Å²) in [7, 11) is -3.81. The van der Waals surface area contributed by atoms with Gasteiger partial charge in [-0.25, -0.2) is 13.2 Å². The van der Waals surface area contributed by atoms with Crippen molar-refractivity contribution < 1.29 is 23.1 Å². The fourth-order valence-corrected chi connectivity index (χ4v) is 5.20. The summed E-state index contributed by atoms with van der Waals surface area (Å²) in [6.07, 6.45) is 1.75. The summed E-state index contributed by atoms with van der Waals surface area (Å²) in [4.78, 5) is 27.7. The van der Waals surface area contributed by atoms with Crippen LogP contribution in [0, 0.1) is 0 Å². The zero-order valence-electron chi connectivity index (χ0n) is 17.6. The maximum absolute atomic E-state index is 12.9. The predicted molar refractivity (Wildman–Crippen MR) is 122 cm³/mol. The SMILES string of the molecule is CCN(CC)S(=O)(=O)c1ccc(Cl)c(C(=O)N[C@H](Cc2c[nH]c3ccccc23)C(=O)O)c1. The molecule has 0 aliphatic rings. The molecule has 0 fully saturated rings. The molecule has 3 aromatic rings. The molecule has 170 valence electrons. The molecule has 2 aromatic carbocycles. The Labute approximate surface area is 191 Å². The molecule has 1 aromatic heterocycles. The molecule has 0 saturated carbocycles. The second-order valence-electron chi connectivity index (χ2n) is 7.16. The third kappa shape index (κ3) is 4.79. The van der Waals surface area contributed by atoms with Gasteiger partial charge in [-0.15, -0.1) is 0 Å². The Bertz CT molecular complexity index is 1250. The lowest BCUT2D eigenvalue weighted by molar-refractivity contribution is -0.139. The number of carbonyl (C=O) groups is 2. The van der Waals surface area contributed by atoms with Crippen LogP contribution in [0.4, 0.5) is 0 Å². The van der Waals surface area contributed by atoms with Gasteiger partial charge in [0.2, 0.25) is 10.0 Å². The van der Waals surface area contributed by atoms with E-state index in [1.54, 1.807) is 20.0 Å². The summed E-state index contributed by atoms with van der Waals surface area (Å²) in [5.74, 6) is -1.98. The molecular formula is C22H24ClN3O5S. The number of hydrogen-bond donors (Lipinski definition) is 3. The lowest BCUT2D eigenvalue weighted by Crippen LogP contribution is -2.42. The second kappa shape index (κ2) is 9.72. The summed E-state index contributed by atoms with van der Waals surface area (Å²) < 4.78 is 26.9. The normalized spacial score (nSPS) is 12.8. The molecular weight excluding hydrogens is 454 g/mol. The predicted octanol–water partition coefficient (Wildman–Crippen LogP) is 3.28. The molecule has 8 nitrogen and oxygen atoms in total. The molecule has 1 atom stereocenters. The highest BCUT2D eigenvalue weighted by molar-refractivity contribution is 7.89. The highest BCUT2D eigenvalue weighted by Gasteiger charge is 2.26. The molecule has 10 heteroatoms. The first-order chi connectivity index (χ1) is 15.2. The third-order valence-corrected chi connectivity index (χ3v) is 7.60. The van der Waals surface area contributed by atoms with Gasteiger partial charge in [-0.1, -0.05) is 43.6 Å². The van der Waals surface area contributed by atoms with Crippen LogP contribution in [0.25, 0.3) is 10.9 Å². The maximum Gasteiger partial charge on any atom is 0.326 e. The number of carbonyl (C=O) groups excluding carboxylic acids is 1. The summed E-state index contributed by atoms with van der Waals surface area (Å²) in [5.41, 5.74) is 1.48. The Hall–Kier alpha value is -2.88. The van der Waals surface area contributed by atoms with E-state index in [1.165, 1.54) is 22.5 Å². The molecule has 0 unspecified atom stereocenters. The summed E-state index contributed by atoms with van der Waals surface area (Å²) >= 11 is 6.15. The number of nitrogens with one attached hydrogen (secondary N) is 2. The number of carboxylic acids is 1. The van der Waals surface area contributed by atoms with Crippen molar-refractivity contribution in [3.05, 3.63) is 64.8 Å². The number of rotatable bonds is 9. The van der Waals surface area contributed by atoms with Crippen molar-refractivity contribution in [2.45, 2.75) is 31.2 Å². The summed E-state index contributed by atoms with van der Waals surface area (Å²) in [6.45, 7) is 3.98. The average Bonchev–Trinajstić information content (AvgIpc) is 3.17. The molecule has 0 aliphatic heterocycles. The molecule has 3 rings (SSSR count). The van der Waals surface area contributed by atoms with E-state index in [0.29, 0.717) is 0 Å². The largest absolute Gasteiger partial charge is 0.480 e. The van der Waals surface area contributed by atoms with E-state index in [2.05, 4.69) is 10.3 Å². The third-order valence-electron chi connectivity index (χ3n) is 5.23. The number of sulfonamides is 1. The quantitative estimate of drug-likeness (QED) is 0.437. The van der Waals surface area contributed by atoms with Crippen molar-refractivity contribution in [1.29, 1.82) is 0 Å². The van der Waals surface area contributed by atoms with Gasteiger partial charge in [-0.2, -0.15) is 4.31 Å². The number of aliphatic carboxylic acids is 1. The molecule has 0 bridgehead atoms. The van der Waals surface area contributed by atoms with Gasteiger partial charge in [0, 0.05) is 36.6 Å². The minimum atomic E-state index is -3.81. The van der Waals surface area contributed by atoms with Gasteiger partial charge >= 0.3 is 5.97 Å². The Balaban J connectivity index is 1.88. The minimum absolute atomic E-state index is 0.0252. The highest BCUT2D eigenvalue weighted by atomic mass is 35.5. The van der Waals surface area contributed by atoms with Gasteiger partial charge in [0.15, 0.2) is 0 Å². The lowest BCUT2D eigenvalue weighted by atomic mass is 10.0. The molecule has 0 aliphatic carbocycles. The number of nitrogens with zero attached hydrogens (tertiary/aromatic N) is 1. The van der Waals surface area contributed by atoms with E-state index in [1.807, 2.05) is 24.3 Å². The topological polar surface area (TPSA) is 120 Å². The zero-order chi connectivity index (χ0) is 23.5. The molecule has 0 radical (unpaired) electrons. The molecule has 32 heavy (non-hydrogen) atoms. The maximum atomic E-state index is 12.9. The van der Waals surface area contributed by atoms with Gasteiger partial charge in [0.1, 0.15) is 6.04 Å². The standard InChI is InChI=1S/C22H24ClN3O5S/c1-3-26(4-2)32(30,31)15-9-10-18(23)17(12-15)21(27)25-20(22(28)29)11-14-13-24-19-8-6-5-7-16(14)19/h5-10,12-13,20,24H,3-4,11H2,1-2H3,(H,25,27)(H,28,29)/t20-/m1/s1. The van der Waals surface area contributed by atoms with Crippen molar-refractivity contribution in [3.8, 4) is 0 Å². The van der Waals surface area contributed by atoms with Gasteiger partial charge in [0.25, 0.3) is 5.91 Å². The van der Waals surface area contributed by atoms with Crippen LogP contribution < -0.4 is 5.32 Å². The van der Waals surface area contributed by atoms with E-state index in [9.17, 15) is 23.1 Å². The van der Waals surface area contributed by atoms with E-state index in [-0.39, 0.29) is 35.0 Å². The summed E-state index contributed by atoms with van der Waals surface area (Å²) in [5, 5.41) is 13.0. The van der Waals surface area contributed by atoms with Gasteiger partial charge in [-0.3, -0.25) is 4.79 Å². The van der Waals surface area contributed by atoms with Crippen molar-refractivity contribution in [1.82, 2.24) is 14.6 Å². The highest BCUT2D eigenvalue weighted by Crippen LogP contribution is 2.24. The van der Waals surface area contributed by atoms with Crippen LogP contribution in [-0.2, 0) is 21.2 Å². The number of H-pyrrole nitrogens is 1. The number of aromatic amines is 1.